The van der Waals surface area contributed by atoms with Gasteiger partial charge in [0.2, 0.25) is 0 Å². The lowest BCUT2D eigenvalue weighted by molar-refractivity contribution is 0.107. The van der Waals surface area contributed by atoms with E-state index in [1.54, 1.807) is 5.57 Å². The zero-order valence-corrected chi connectivity index (χ0v) is 12.3. The predicted octanol–water partition coefficient (Wildman–Crippen LogP) is 5.59. The first-order chi connectivity index (χ1) is 8.11. The van der Waals surface area contributed by atoms with Gasteiger partial charge in [0.1, 0.15) is 0 Å². The van der Waals surface area contributed by atoms with Gasteiger partial charge in [0, 0.05) is 0 Å². The lowest BCUT2D eigenvalue weighted by atomic mass is 9.62. The van der Waals surface area contributed by atoms with Gasteiger partial charge in [0.25, 0.3) is 0 Å². The molecule has 0 bridgehead atoms. The van der Waals surface area contributed by atoms with E-state index in [1.165, 1.54) is 44.9 Å². The summed E-state index contributed by atoms with van der Waals surface area (Å²) >= 11 is 0. The SMILES string of the molecule is C/C=C1\CCC2CC(C(C)CCC)CCC12C. The maximum Gasteiger partial charge on any atom is -0.00879 e. The molecule has 0 aliphatic heterocycles. The van der Waals surface area contributed by atoms with Crippen LogP contribution in [-0.2, 0) is 0 Å². The summed E-state index contributed by atoms with van der Waals surface area (Å²) in [6, 6.07) is 0. The Balaban J connectivity index is 2.03. The fourth-order valence-electron chi connectivity index (χ4n) is 4.59. The average Bonchev–Trinajstić information content (AvgIpc) is 2.64. The highest BCUT2D eigenvalue weighted by molar-refractivity contribution is 5.21. The van der Waals surface area contributed by atoms with Crippen molar-refractivity contribution in [1.29, 1.82) is 0 Å². The Morgan fingerprint density at radius 3 is 2.82 bits per heavy atom. The minimum absolute atomic E-state index is 0.581. The molecule has 0 aromatic heterocycles. The standard InChI is InChI=1S/C17H30/c1-5-7-13(3)14-10-11-17(4)15(6-2)8-9-16(17)12-14/h6,13-14,16H,5,7-12H2,1-4H3/b15-6+. The van der Waals surface area contributed by atoms with Crippen molar-refractivity contribution in [2.45, 2.75) is 72.6 Å². The quantitative estimate of drug-likeness (QED) is 0.559. The lowest BCUT2D eigenvalue weighted by Gasteiger charge is -2.43. The second-order valence-electron chi connectivity index (χ2n) is 6.77. The van der Waals surface area contributed by atoms with Gasteiger partial charge >= 0.3 is 0 Å². The molecule has 17 heavy (non-hydrogen) atoms. The average molecular weight is 234 g/mol. The number of hydrogen-bond donors (Lipinski definition) is 0. The molecule has 2 rings (SSSR count). The Morgan fingerprint density at radius 1 is 1.41 bits per heavy atom. The largest absolute Gasteiger partial charge is 0.0879 e. The topological polar surface area (TPSA) is 0 Å². The first-order valence-corrected chi connectivity index (χ1v) is 7.77. The van der Waals surface area contributed by atoms with E-state index < -0.39 is 0 Å². The van der Waals surface area contributed by atoms with Gasteiger partial charge in [-0.1, -0.05) is 45.3 Å². The summed E-state index contributed by atoms with van der Waals surface area (Å²) in [5.74, 6) is 2.97. The molecule has 2 saturated carbocycles. The highest BCUT2D eigenvalue weighted by Gasteiger charge is 2.46. The second kappa shape index (κ2) is 5.16. The summed E-state index contributed by atoms with van der Waals surface area (Å²) in [6.07, 6.45) is 12.5. The van der Waals surface area contributed by atoms with Gasteiger partial charge in [0.15, 0.2) is 0 Å². The Morgan fingerprint density at radius 2 is 2.18 bits per heavy atom. The molecule has 0 heterocycles. The molecule has 2 aliphatic carbocycles. The Bertz CT molecular complexity index is 288. The molecule has 0 radical (unpaired) electrons. The lowest BCUT2D eigenvalue weighted by Crippen LogP contribution is -2.33. The van der Waals surface area contributed by atoms with E-state index in [0.717, 1.165) is 17.8 Å². The van der Waals surface area contributed by atoms with Crippen LogP contribution >= 0.6 is 0 Å². The predicted molar refractivity (Wildman–Crippen MR) is 76.0 cm³/mol. The van der Waals surface area contributed by atoms with Crippen molar-refractivity contribution < 1.29 is 0 Å². The minimum atomic E-state index is 0.581. The fourth-order valence-corrected chi connectivity index (χ4v) is 4.59. The number of fused-ring (bicyclic) bond motifs is 1. The number of allylic oxidation sites excluding steroid dienone is 2. The van der Waals surface area contributed by atoms with Crippen LogP contribution in [0.25, 0.3) is 0 Å². The highest BCUT2D eigenvalue weighted by Crippen LogP contribution is 2.57. The molecule has 0 N–H and O–H groups in total. The van der Waals surface area contributed by atoms with Crippen LogP contribution in [0.3, 0.4) is 0 Å². The summed E-state index contributed by atoms with van der Waals surface area (Å²) in [6.45, 7) is 9.61. The highest BCUT2D eigenvalue weighted by atomic mass is 14.5. The first-order valence-electron chi connectivity index (χ1n) is 7.77. The van der Waals surface area contributed by atoms with Gasteiger partial charge in [-0.05, 0) is 62.2 Å². The second-order valence-corrected chi connectivity index (χ2v) is 6.77. The van der Waals surface area contributed by atoms with E-state index in [-0.39, 0.29) is 0 Å². The van der Waals surface area contributed by atoms with E-state index in [9.17, 15) is 0 Å². The third-order valence-corrected chi connectivity index (χ3v) is 5.92. The van der Waals surface area contributed by atoms with Crippen molar-refractivity contribution in [2.75, 3.05) is 0 Å². The van der Waals surface area contributed by atoms with Gasteiger partial charge in [-0.25, -0.2) is 0 Å². The van der Waals surface area contributed by atoms with E-state index in [1.807, 2.05) is 0 Å². The van der Waals surface area contributed by atoms with Gasteiger partial charge in [-0.15, -0.1) is 0 Å². The summed E-state index contributed by atoms with van der Waals surface area (Å²) in [4.78, 5) is 0. The Kier molecular flexibility index (Phi) is 4.00. The van der Waals surface area contributed by atoms with Crippen molar-refractivity contribution in [2.24, 2.45) is 23.2 Å². The van der Waals surface area contributed by atoms with Crippen molar-refractivity contribution in [1.82, 2.24) is 0 Å². The molecule has 4 atom stereocenters. The maximum absolute atomic E-state index is 2.54. The molecule has 2 aliphatic rings. The van der Waals surface area contributed by atoms with Crippen LogP contribution in [0.5, 0.6) is 0 Å². The van der Waals surface area contributed by atoms with Gasteiger partial charge in [-0.2, -0.15) is 0 Å². The molecule has 0 aromatic carbocycles. The molecule has 0 amide bonds. The molecule has 0 aromatic rings. The summed E-state index contributed by atoms with van der Waals surface area (Å²) < 4.78 is 0. The van der Waals surface area contributed by atoms with Gasteiger partial charge in [-0.3, -0.25) is 0 Å². The van der Waals surface area contributed by atoms with Crippen LogP contribution in [0.15, 0.2) is 11.6 Å². The fraction of sp³-hybridized carbons (Fsp3) is 0.882. The first kappa shape index (κ1) is 13.2. The minimum Gasteiger partial charge on any atom is -0.0879 e. The van der Waals surface area contributed by atoms with Crippen molar-refractivity contribution in [3.8, 4) is 0 Å². The van der Waals surface area contributed by atoms with Crippen LogP contribution in [0.2, 0.25) is 0 Å². The molecule has 2 fully saturated rings. The molecule has 0 nitrogen and oxygen atoms in total. The third-order valence-electron chi connectivity index (χ3n) is 5.92. The van der Waals surface area contributed by atoms with Crippen molar-refractivity contribution >= 4 is 0 Å². The van der Waals surface area contributed by atoms with E-state index in [0.29, 0.717) is 5.41 Å². The number of hydrogen-bond acceptors (Lipinski definition) is 0. The van der Waals surface area contributed by atoms with Crippen LogP contribution < -0.4 is 0 Å². The van der Waals surface area contributed by atoms with Crippen LogP contribution in [0.4, 0.5) is 0 Å². The van der Waals surface area contributed by atoms with E-state index in [4.69, 9.17) is 0 Å². The normalized spacial score (nSPS) is 41.5. The third kappa shape index (κ3) is 2.33. The van der Waals surface area contributed by atoms with Crippen molar-refractivity contribution in [3.63, 3.8) is 0 Å². The zero-order chi connectivity index (χ0) is 12.5. The van der Waals surface area contributed by atoms with Crippen molar-refractivity contribution in [3.05, 3.63) is 11.6 Å². The molecule has 0 heteroatoms. The monoisotopic (exact) mass is 234 g/mol. The summed E-state index contributed by atoms with van der Waals surface area (Å²) in [5.41, 5.74) is 2.35. The molecule has 0 saturated heterocycles. The molecular formula is C17H30. The van der Waals surface area contributed by atoms with E-state index >= 15 is 0 Å². The smallest absolute Gasteiger partial charge is 0.00879 e. The molecular weight excluding hydrogens is 204 g/mol. The molecule has 4 unspecified atom stereocenters. The zero-order valence-electron chi connectivity index (χ0n) is 12.3. The summed E-state index contributed by atoms with van der Waals surface area (Å²) in [5, 5.41) is 0. The van der Waals surface area contributed by atoms with Gasteiger partial charge in [0.05, 0.1) is 0 Å². The molecule has 98 valence electrons. The number of rotatable bonds is 3. The van der Waals surface area contributed by atoms with Crippen LogP contribution in [0.1, 0.15) is 72.6 Å². The Hall–Kier alpha value is -0.260. The maximum atomic E-state index is 2.54. The van der Waals surface area contributed by atoms with E-state index in [2.05, 4.69) is 33.8 Å². The van der Waals surface area contributed by atoms with Gasteiger partial charge < -0.3 is 0 Å². The van der Waals surface area contributed by atoms with Crippen LogP contribution in [0, 0.1) is 23.2 Å². The summed E-state index contributed by atoms with van der Waals surface area (Å²) in [7, 11) is 0. The van der Waals surface area contributed by atoms with Crippen LogP contribution in [-0.4, -0.2) is 0 Å². The Labute approximate surface area is 108 Å². The molecule has 0 spiro atoms.